The molecule has 20 heavy (non-hydrogen) atoms. The van der Waals surface area contributed by atoms with E-state index in [0.717, 1.165) is 18.4 Å². The predicted octanol–water partition coefficient (Wildman–Crippen LogP) is 4.65. The van der Waals surface area contributed by atoms with Crippen LogP contribution in [0.1, 0.15) is 35.6 Å². The molecule has 104 valence electrons. The van der Waals surface area contributed by atoms with Gasteiger partial charge in [-0.25, -0.2) is 4.39 Å². The van der Waals surface area contributed by atoms with Crippen LogP contribution in [0.25, 0.3) is 0 Å². The summed E-state index contributed by atoms with van der Waals surface area (Å²) in [6.45, 7) is 0.660. The van der Waals surface area contributed by atoms with E-state index in [1.807, 2.05) is 6.07 Å². The van der Waals surface area contributed by atoms with E-state index in [4.69, 9.17) is 11.6 Å². The Balaban J connectivity index is 1.71. The van der Waals surface area contributed by atoms with Crippen molar-refractivity contribution in [2.45, 2.75) is 31.8 Å². The first-order chi connectivity index (χ1) is 9.74. The largest absolute Gasteiger partial charge is 0.306 e. The first-order valence-electron chi connectivity index (χ1n) is 6.99. The summed E-state index contributed by atoms with van der Waals surface area (Å²) in [5.41, 5.74) is 3.74. The van der Waals surface area contributed by atoms with E-state index >= 15 is 0 Å². The molecule has 1 aliphatic carbocycles. The SMILES string of the molecule is Fc1cc(CNC2CCCc3ccccc32)ccc1Cl. The van der Waals surface area contributed by atoms with Crippen LogP contribution in [0.5, 0.6) is 0 Å². The first kappa shape index (κ1) is 13.6. The van der Waals surface area contributed by atoms with Crippen molar-refractivity contribution in [3.8, 4) is 0 Å². The molecule has 0 aliphatic heterocycles. The number of hydrogen-bond donors (Lipinski definition) is 1. The summed E-state index contributed by atoms with van der Waals surface area (Å²) < 4.78 is 13.4. The van der Waals surface area contributed by atoms with Crippen LogP contribution in [0.15, 0.2) is 42.5 Å². The summed E-state index contributed by atoms with van der Waals surface area (Å²) in [5, 5.41) is 3.71. The Bertz CT molecular complexity index is 612. The van der Waals surface area contributed by atoms with Crippen LogP contribution in [0.3, 0.4) is 0 Å². The van der Waals surface area contributed by atoms with Gasteiger partial charge < -0.3 is 5.32 Å². The van der Waals surface area contributed by atoms with Gasteiger partial charge in [0.05, 0.1) is 5.02 Å². The highest BCUT2D eigenvalue weighted by molar-refractivity contribution is 6.30. The second kappa shape index (κ2) is 5.94. The lowest BCUT2D eigenvalue weighted by Gasteiger charge is -2.26. The van der Waals surface area contributed by atoms with E-state index in [1.165, 1.54) is 23.6 Å². The molecule has 0 aromatic heterocycles. The summed E-state index contributed by atoms with van der Waals surface area (Å²) in [5.74, 6) is -0.352. The van der Waals surface area contributed by atoms with Gasteiger partial charge in [-0.1, -0.05) is 41.9 Å². The van der Waals surface area contributed by atoms with Gasteiger partial charge in [0.25, 0.3) is 0 Å². The summed E-state index contributed by atoms with van der Waals surface area (Å²) in [6, 6.07) is 13.9. The second-order valence-electron chi connectivity index (χ2n) is 5.27. The van der Waals surface area contributed by atoms with E-state index in [0.29, 0.717) is 12.6 Å². The molecule has 0 saturated carbocycles. The Kier molecular flexibility index (Phi) is 4.04. The maximum Gasteiger partial charge on any atom is 0.142 e. The van der Waals surface area contributed by atoms with Crippen molar-refractivity contribution < 1.29 is 4.39 Å². The van der Waals surface area contributed by atoms with Crippen LogP contribution >= 0.6 is 11.6 Å². The van der Waals surface area contributed by atoms with Crippen LogP contribution in [0.4, 0.5) is 4.39 Å². The number of benzene rings is 2. The average molecular weight is 290 g/mol. The van der Waals surface area contributed by atoms with Gasteiger partial charge in [0.15, 0.2) is 0 Å². The van der Waals surface area contributed by atoms with Gasteiger partial charge in [0, 0.05) is 12.6 Å². The number of rotatable bonds is 3. The van der Waals surface area contributed by atoms with Crippen molar-refractivity contribution in [2.75, 3.05) is 0 Å². The standard InChI is InChI=1S/C17H17ClFN/c18-15-9-8-12(10-16(15)19)11-20-17-7-3-5-13-4-1-2-6-14(13)17/h1-2,4,6,8-10,17,20H,3,5,7,11H2. The zero-order valence-electron chi connectivity index (χ0n) is 11.2. The van der Waals surface area contributed by atoms with Gasteiger partial charge in [-0.15, -0.1) is 0 Å². The average Bonchev–Trinajstić information content (AvgIpc) is 2.48. The molecule has 1 aliphatic rings. The third-order valence-corrected chi connectivity index (χ3v) is 4.21. The highest BCUT2D eigenvalue weighted by atomic mass is 35.5. The second-order valence-corrected chi connectivity index (χ2v) is 5.68. The third-order valence-electron chi connectivity index (χ3n) is 3.91. The molecule has 1 nitrogen and oxygen atoms in total. The van der Waals surface area contributed by atoms with E-state index in [2.05, 4.69) is 29.6 Å². The van der Waals surface area contributed by atoms with Gasteiger partial charge in [0.1, 0.15) is 5.82 Å². The molecular formula is C17H17ClFN. The molecular weight excluding hydrogens is 273 g/mol. The Morgan fingerprint density at radius 1 is 1.20 bits per heavy atom. The summed E-state index contributed by atoms with van der Waals surface area (Å²) in [4.78, 5) is 0. The topological polar surface area (TPSA) is 12.0 Å². The number of hydrogen-bond acceptors (Lipinski definition) is 1. The third kappa shape index (κ3) is 2.87. The van der Waals surface area contributed by atoms with Crippen molar-refractivity contribution in [1.82, 2.24) is 5.32 Å². The molecule has 0 bridgehead atoms. The smallest absolute Gasteiger partial charge is 0.142 e. The lowest BCUT2D eigenvalue weighted by Crippen LogP contribution is -2.24. The Labute approximate surface area is 123 Å². The molecule has 0 amide bonds. The lowest BCUT2D eigenvalue weighted by molar-refractivity contribution is 0.458. The zero-order chi connectivity index (χ0) is 13.9. The minimum absolute atomic E-state index is 0.178. The molecule has 1 unspecified atom stereocenters. The van der Waals surface area contributed by atoms with Gasteiger partial charge in [-0.05, 0) is 48.1 Å². The molecule has 0 fully saturated rings. The molecule has 3 heteroatoms. The van der Waals surface area contributed by atoms with E-state index < -0.39 is 0 Å². The predicted molar refractivity (Wildman–Crippen MR) is 80.4 cm³/mol. The van der Waals surface area contributed by atoms with Gasteiger partial charge in [0.2, 0.25) is 0 Å². The Morgan fingerprint density at radius 2 is 2.05 bits per heavy atom. The number of halogens is 2. The number of aryl methyl sites for hydroxylation is 1. The maximum atomic E-state index is 13.4. The summed E-state index contributed by atoms with van der Waals surface area (Å²) in [7, 11) is 0. The fourth-order valence-electron chi connectivity index (χ4n) is 2.86. The molecule has 0 heterocycles. The minimum Gasteiger partial charge on any atom is -0.306 e. The van der Waals surface area contributed by atoms with Crippen molar-refractivity contribution in [1.29, 1.82) is 0 Å². The molecule has 2 aromatic carbocycles. The molecule has 1 N–H and O–H groups in total. The minimum atomic E-state index is -0.352. The maximum absolute atomic E-state index is 13.4. The Morgan fingerprint density at radius 3 is 2.90 bits per heavy atom. The van der Waals surface area contributed by atoms with Crippen molar-refractivity contribution in [3.05, 3.63) is 70.0 Å². The lowest BCUT2D eigenvalue weighted by atomic mass is 9.87. The molecule has 0 radical (unpaired) electrons. The van der Waals surface area contributed by atoms with Crippen molar-refractivity contribution in [2.24, 2.45) is 0 Å². The summed E-state index contributed by atoms with van der Waals surface area (Å²) in [6.07, 6.45) is 3.49. The highest BCUT2D eigenvalue weighted by Gasteiger charge is 2.18. The van der Waals surface area contributed by atoms with Crippen LogP contribution < -0.4 is 5.32 Å². The van der Waals surface area contributed by atoms with E-state index in [-0.39, 0.29) is 10.8 Å². The highest BCUT2D eigenvalue weighted by Crippen LogP contribution is 2.29. The normalized spacial score (nSPS) is 17.8. The fourth-order valence-corrected chi connectivity index (χ4v) is 2.97. The van der Waals surface area contributed by atoms with Crippen LogP contribution in [0, 0.1) is 5.82 Å². The number of nitrogens with one attached hydrogen (secondary N) is 1. The van der Waals surface area contributed by atoms with Gasteiger partial charge in [-0.3, -0.25) is 0 Å². The quantitative estimate of drug-likeness (QED) is 0.867. The van der Waals surface area contributed by atoms with E-state index in [1.54, 1.807) is 6.07 Å². The van der Waals surface area contributed by atoms with Crippen molar-refractivity contribution >= 4 is 11.6 Å². The molecule has 0 spiro atoms. The fraction of sp³-hybridized carbons (Fsp3) is 0.294. The van der Waals surface area contributed by atoms with Gasteiger partial charge in [-0.2, -0.15) is 0 Å². The molecule has 0 saturated heterocycles. The van der Waals surface area contributed by atoms with Crippen LogP contribution in [-0.4, -0.2) is 0 Å². The molecule has 2 aromatic rings. The van der Waals surface area contributed by atoms with Gasteiger partial charge >= 0.3 is 0 Å². The summed E-state index contributed by atoms with van der Waals surface area (Å²) >= 11 is 5.70. The molecule has 3 rings (SSSR count). The number of fused-ring (bicyclic) bond motifs is 1. The van der Waals surface area contributed by atoms with E-state index in [9.17, 15) is 4.39 Å². The Hall–Kier alpha value is -1.38. The first-order valence-corrected chi connectivity index (χ1v) is 7.37. The van der Waals surface area contributed by atoms with Crippen LogP contribution in [-0.2, 0) is 13.0 Å². The zero-order valence-corrected chi connectivity index (χ0v) is 12.0. The van der Waals surface area contributed by atoms with Crippen LogP contribution in [0.2, 0.25) is 5.02 Å². The monoisotopic (exact) mass is 289 g/mol. The molecule has 1 atom stereocenters. The van der Waals surface area contributed by atoms with Crippen molar-refractivity contribution in [3.63, 3.8) is 0 Å².